The van der Waals surface area contributed by atoms with Crippen LogP contribution in [0.2, 0.25) is 0 Å². The Hall–Kier alpha value is -1.83. The molecule has 0 aromatic rings. The van der Waals surface area contributed by atoms with Gasteiger partial charge in [0.05, 0.1) is 16.9 Å². The highest BCUT2D eigenvalue weighted by molar-refractivity contribution is 5.73. The molecule has 107 valence electrons. The summed E-state index contributed by atoms with van der Waals surface area (Å²) >= 11 is 0. The van der Waals surface area contributed by atoms with Crippen LogP contribution in [-0.2, 0) is 9.53 Å². The molecule has 1 unspecified atom stereocenters. The number of carbonyl (C=O) groups excluding carboxylic acids is 1. The first-order valence-corrected chi connectivity index (χ1v) is 5.97. The number of hydrogen-bond donors (Lipinski definition) is 1. The number of carbonyl (C=O) groups is 1. The summed E-state index contributed by atoms with van der Waals surface area (Å²) in [5.74, 6) is -0.456. The first-order valence-electron chi connectivity index (χ1n) is 5.97. The predicted octanol–water partition coefficient (Wildman–Crippen LogP) is 0.308. The SMILES string of the molecule is CC(C)(C)OC(CC([NH])=O)N1CCNC1=C[N+](=O)[O-]. The molecule has 1 radical (unpaired) electrons. The zero-order valence-electron chi connectivity index (χ0n) is 11.3. The Bertz CT molecular complexity index is 389. The van der Waals surface area contributed by atoms with Crippen LogP contribution in [0.3, 0.4) is 0 Å². The van der Waals surface area contributed by atoms with E-state index in [0.717, 1.165) is 6.20 Å². The molecule has 0 bridgehead atoms. The second kappa shape index (κ2) is 5.87. The summed E-state index contributed by atoms with van der Waals surface area (Å²) in [6.45, 7) is 6.52. The lowest BCUT2D eigenvalue weighted by molar-refractivity contribution is -0.404. The Morgan fingerprint density at radius 2 is 2.32 bits per heavy atom. The molecule has 1 fully saturated rings. The average molecular weight is 271 g/mol. The van der Waals surface area contributed by atoms with E-state index in [1.165, 1.54) is 0 Å². The van der Waals surface area contributed by atoms with Crippen molar-refractivity contribution in [1.29, 1.82) is 0 Å². The van der Waals surface area contributed by atoms with Gasteiger partial charge in [0.15, 0.2) is 5.82 Å². The van der Waals surface area contributed by atoms with Crippen LogP contribution in [0.4, 0.5) is 0 Å². The van der Waals surface area contributed by atoms with Gasteiger partial charge in [-0.05, 0) is 20.8 Å². The number of rotatable bonds is 5. The summed E-state index contributed by atoms with van der Waals surface area (Å²) in [6, 6.07) is 0. The van der Waals surface area contributed by atoms with Gasteiger partial charge in [-0.3, -0.25) is 20.6 Å². The van der Waals surface area contributed by atoms with Crippen LogP contribution in [0.15, 0.2) is 12.0 Å². The van der Waals surface area contributed by atoms with E-state index < -0.39 is 22.7 Å². The van der Waals surface area contributed by atoms with Crippen LogP contribution in [0.5, 0.6) is 0 Å². The van der Waals surface area contributed by atoms with E-state index in [-0.39, 0.29) is 6.42 Å². The van der Waals surface area contributed by atoms with Gasteiger partial charge in [-0.2, -0.15) is 0 Å². The summed E-state index contributed by atoms with van der Waals surface area (Å²) in [7, 11) is 0. The largest absolute Gasteiger partial charge is 0.365 e. The molecule has 8 heteroatoms. The average Bonchev–Trinajstić information content (AvgIpc) is 2.60. The summed E-state index contributed by atoms with van der Waals surface area (Å²) in [5.41, 5.74) is 6.56. The van der Waals surface area contributed by atoms with Crippen LogP contribution in [-0.4, -0.2) is 40.6 Å². The van der Waals surface area contributed by atoms with Gasteiger partial charge in [-0.15, -0.1) is 0 Å². The van der Waals surface area contributed by atoms with Gasteiger partial charge in [0.25, 0.3) is 6.20 Å². The van der Waals surface area contributed by atoms with Crippen molar-refractivity contribution in [2.24, 2.45) is 0 Å². The molecule has 1 aliphatic heterocycles. The van der Waals surface area contributed by atoms with Crippen LogP contribution in [0.25, 0.3) is 0 Å². The number of ether oxygens (including phenoxy) is 1. The zero-order valence-corrected chi connectivity index (χ0v) is 11.3. The number of hydrogen-bond acceptors (Lipinski definition) is 6. The fourth-order valence-electron chi connectivity index (χ4n) is 1.83. The molecule has 2 N–H and O–H groups in total. The van der Waals surface area contributed by atoms with Crippen molar-refractivity contribution in [3.63, 3.8) is 0 Å². The molecule has 1 atom stereocenters. The third-order valence-electron chi connectivity index (χ3n) is 2.39. The second-order valence-corrected chi connectivity index (χ2v) is 5.23. The number of nitro groups is 1. The highest BCUT2D eigenvalue weighted by Crippen LogP contribution is 2.21. The van der Waals surface area contributed by atoms with Gasteiger partial charge in [0.2, 0.25) is 5.91 Å². The molecule has 0 aliphatic carbocycles. The van der Waals surface area contributed by atoms with E-state index >= 15 is 0 Å². The molecule has 0 aromatic carbocycles. The highest BCUT2D eigenvalue weighted by Gasteiger charge is 2.32. The monoisotopic (exact) mass is 271 g/mol. The maximum atomic E-state index is 11.0. The molecule has 19 heavy (non-hydrogen) atoms. The van der Waals surface area contributed by atoms with E-state index in [2.05, 4.69) is 5.32 Å². The van der Waals surface area contributed by atoms with E-state index in [0.29, 0.717) is 18.9 Å². The van der Waals surface area contributed by atoms with E-state index in [4.69, 9.17) is 10.5 Å². The van der Waals surface area contributed by atoms with Crippen LogP contribution in [0, 0.1) is 10.1 Å². The highest BCUT2D eigenvalue weighted by atomic mass is 16.6. The molecule has 1 rings (SSSR count). The van der Waals surface area contributed by atoms with E-state index in [9.17, 15) is 14.9 Å². The van der Waals surface area contributed by atoms with Crippen molar-refractivity contribution in [2.75, 3.05) is 13.1 Å². The van der Waals surface area contributed by atoms with Gasteiger partial charge in [-0.25, -0.2) is 0 Å². The maximum Gasteiger partial charge on any atom is 0.274 e. The number of nitrogens with zero attached hydrogens (tertiary/aromatic N) is 2. The Morgan fingerprint density at radius 1 is 1.68 bits per heavy atom. The van der Waals surface area contributed by atoms with E-state index in [1.54, 1.807) is 4.90 Å². The zero-order chi connectivity index (χ0) is 14.6. The standard InChI is InChI=1S/C11H19N4O4/c1-11(2,3)19-10(6-8(12)16)14-5-4-13-9(14)7-15(17)18/h7,10,12-13H,4-6H2,1-3H3. The van der Waals surface area contributed by atoms with Gasteiger partial charge in [0, 0.05) is 13.1 Å². The lowest BCUT2D eigenvalue weighted by atomic mass is 10.2. The molecule has 8 nitrogen and oxygen atoms in total. The molecule has 0 spiro atoms. The lowest BCUT2D eigenvalue weighted by Crippen LogP contribution is -2.42. The van der Waals surface area contributed by atoms with Gasteiger partial charge >= 0.3 is 0 Å². The van der Waals surface area contributed by atoms with Crippen molar-refractivity contribution in [3.05, 3.63) is 22.1 Å². The van der Waals surface area contributed by atoms with E-state index in [1.807, 2.05) is 20.8 Å². The summed E-state index contributed by atoms with van der Waals surface area (Å²) in [5, 5.41) is 13.4. The first kappa shape index (κ1) is 15.2. The minimum absolute atomic E-state index is 0.131. The smallest absolute Gasteiger partial charge is 0.274 e. The lowest BCUT2D eigenvalue weighted by Gasteiger charge is -2.33. The number of amides is 1. The molecule has 1 heterocycles. The molecular weight excluding hydrogens is 252 g/mol. The third-order valence-corrected chi connectivity index (χ3v) is 2.39. The fraction of sp³-hybridized carbons (Fsp3) is 0.727. The molecule has 0 saturated carbocycles. The van der Waals surface area contributed by atoms with Crippen molar-refractivity contribution in [1.82, 2.24) is 16.0 Å². The summed E-state index contributed by atoms with van der Waals surface area (Å²) in [6.07, 6.45) is 0.0419. The van der Waals surface area contributed by atoms with Crippen LogP contribution in [0.1, 0.15) is 27.2 Å². The molecule has 1 amide bonds. The Kier molecular flexibility index (Phi) is 4.71. The van der Waals surface area contributed by atoms with Crippen molar-refractivity contribution in [2.45, 2.75) is 39.0 Å². The van der Waals surface area contributed by atoms with Gasteiger partial charge in [-0.1, -0.05) is 0 Å². The van der Waals surface area contributed by atoms with Crippen LogP contribution >= 0.6 is 0 Å². The number of nitrogens with one attached hydrogen (secondary N) is 2. The third kappa shape index (κ3) is 5.12. The first-order chi connectivity index (χ1) is 8.69. The Labute approximate surface area is 111 Å². The topological polar surface area (TPSA) is 109 Å². The Morgan fingerprint density at radius 3 is 2.79 bits per heavy atom. The molecule has 0 aromatic heterocycles. The van der Waals surface area contributed by atoms with Crippen molar-refractivity contribution < 1.29 is 14.5 Å². The molecule has 1 aliphatic rings. The minimum Gasteiger partial charge on any atom is -0.365 e. The van der Waals surface area contributed by atoms with Crippen molar-refractivity contribution >= 4 is 5.91 Å². The predicted molar refractivity (Wildman–Crippen MR) is 67.1 cm³/mol. The maximum absolute atomic E-state index is 11.0. The van der Waals surface area contributed by atoms with Gasteiger partial charge < -0.3 is 15.0 Å². The van der Waals surface area contributed by atoms with Crippen LogP contribution < -0.4 is 11.1 Å². The quantitative estimate of drug-likeness (QED) is 0.569. The van der Waals surface area contributed by atoms with Crippen molar-refractivity contribution in [3.8, 4) is 0 Å². The Balaban J connectivity index is 2.89. The normalized spacial score (nSPS) is 19.3. The minimum atomic E-state index is -0.762. The van der Waals surface area contributed by atoms with Gasteiger partial charge in [0.1, 0.15) is 6.23 Å². The fourth-order valence-corrected chi connectivity index (χ4v) is 1.83. The molecular formula is C11H19N4O4. The molecule has 1 saturated heterocycles. The summed E-state index contributed by atoms with van der Waals surface area (Å²) < 4.78 is 5.73. The summed E-state index contributed by atoms with van der Waals surface area (Å²) in [4.78, 5) is 22.6. The second-order valence-electron chi connectivity index (χ2n) is 5.23.